The van der Waals surface area contributed by atoms with Gasteiger partial charge in [-0.1, -0.05) is 22.8 Å². The standard InChI is InChI=1S/C23H15ClF2N6O3S/c1-12(25)35-19-4-2-3-18(26)20(19)16-7-15(8-27)29-10-17(16)21(33)30-22-31-32-23(36-22)34-11-14-6-5-13(24)9-28-14/h2-7,9-10,12H,11H2,1H3,(H,30,31,33). The third-order valence-corrected chi connectivity index (χ3v) is 5.53. The van der Waals surface area contributed by atoms with Crippen LogP contribution in [0.25, 0.3) is 11.1 Å². The normalized spacial score (nSPS) is 11.4. The summed E-state index contributed by atoms with van der Waals surface area (Å²) in [5.41, 5.74) is 0.231. The van der Waals surface area contributed by atoms with E-state index >= 15 is 0 Å². The summed E-state index contributed by atoms with van der Waals surface area (Å²) in [6.45, 7) is 1.24. The van der Waals surface area contributed by atoms with E-state index in [9.17, 15) is 18.8 Å². The first kappa shape index (κ1) is 24.9. The molecule has 3 heterocycles. The van der Waals surface area contributed by atoms with Gasteiger partial charge in [-0.25, -0.2) is 13.8 Å². The van der Waals surface area contributed by atoms with Crippen molar-refractivity contribution >= 4 is 34.0 Å². The summed E-state index contributed by atoms with van der Waals surface area (Å²) in [5.74, 6) is -1.64. The van der Waals surface area contributed by atoms with Gasteiger partial charge in [0.15, 0.2) is 0 Å². The number of benzene rings is 1. The van der Waals surface area contributed by atoms with E-state index in [1.54, 1.807) is 12.1 Å². The molecule has 0 aliphatic carbocycles. The molecule has 0 radical (unpaired) electrons. The SMILES string of the molecule is CC(F)Oc1cccc(F)c1-c1cc(C#N)ncc1C(=O)Nc1nnc(OCc2ccc(Cl)cn2)s1. The van der Waals surface area contributed by atoms with Gasteiger partial charge >= 0.3 is 0 Å². The number of amides is 1. The van der Waals surface area contributed by atoms with Crippen LogP contribution in [-0.2, 0) is 6.61 Å². The summed E-state index contributed by atoms with van der Waals surface area (Å²) >= 11 is 6.76. The second-order valence-electron chi connectivity index (χ2n) is 7.08. The number of aromatic nitrogens is 4. The zero-order valence-electron chi connectivity index (χ0n) is 18.4. The third kappa shape index (κ3) is 5.88. The number of hydrogen-bond acceptors (Lipinski definition) is 9. The number of nitriles is 1. The maximum atomic E-state index is 14.9. The first-order chi connectivity index (χ1) is 17.3. The summed E-state index contributed by atoms with van der Waals surface area (Å²) < 4.78 is 39.0. The van der Waals surface area contributed by atoms with Crippen LogP contribution in [0, 0.1) is 17.1 Å². The minimum absolute atomic E-state index is 0.0115. The number of nitrogens with zero attached hydrogens (tertiary/aromatic N) is 5. The first-order valence-electron chi connectivity index (χ1n) is 10.2. The van der Waals surface area contributed by atoms with E-state index in [4.69, 9.17) is 21.1 Å². The van der Waals surface area contributed by atoms with Crippen molar-refractivity contribution in [3.8, 4) is 28.1 Å². The smallest absolute Gasteiger partial charge is 0.296 e. The fourth-order valence-corrected chi connectivity index (χ4v) is 3.76. The van der Waals surface area contributed by atoms with Crippen molar-refractivity contribution in [3.63, 3.8) is 0 Å². The van der Waals surface area contributed by atoms with Gasteiger partial charge in [0, 0.05) is 24.9 Å². The van der Waals surface area contributed by atoms with E-state index in [-0.39, 0.29) is 45.1 Å². The Labute approximate surface area is 212 Å². The van der Waals surface area contributed by atoms with Gasteiger partial charge in [0.1, 0.15) is 29.9 Å². The molecule has 0 aliphatic heterocycles. The number of carbonyl (C=O) groups is 1. The van der Waals surface area contributed by atoms with Gasteiger partial charge in [-0.05, 0) is 41.7 Å². The highest BCUT2D eigenvalue weighted by atomic mass is 35.5. The van der Waals surface area contributed by atoms with Crippen molar-refractivity contribution in [2.24, 2.45) is 0 Å². The van der Waals surface area contributed by atoms with Crippen LogP contribution in [0.15, 0.2) is 48.8 Å². The van der Waals surface area contributed by atoms with Crippen LogP contribution in [0.5, 0.6) is 10.9 Å². The molecule has 0 fully saturated rings. The van der Waals surface area contributed by atoms with E-state index in [0.29, 0.717) is 10.7 Å². The molecule has 3 aromatic heterocycles. The van der Waals surface area contributed by atoms with E-state index in [1.165, 1.54) is 24.4 Å². The second kappa shape index (κ2) is 11.0. The van der Waals surface area contributed by atoms with Gasteiger partial charge in [0.05, 0.1) is 21.8 Å². The number of rotatable bonds is 8. The molecule has 4 aromatic rings. The maximum absolute atomic E-state index is 14.9. The van der Waals surface area contributed by atoms with Gasteiger partial charge in [0.2, 0.25) is 11.5 Å². The van der Waals surface area contributed by atoms with Crippen LogP contribution in [-0.4, -0.2) is 32.4 Å². The van der Waals surface area contributed by atoms with E-state index < -0.39 is 18.1 Å². The third-order valence-electron chi connectivity index (χ3n) is 4.56. The van der Waals surface area contributed by atoms with Gasteiger partial charge in [-0.3, -0.25) is 15.1 Å². The maximum Gasteiger partial charge on any atom is 0.296 e. The molecule has 13 heteroatoms. The van der Waals surface area contributed by atoms with Crippen LogP contribution in [0.2, 0.25) is 5.02 Å². The molecule has 36 heavy (non-hydrogen) atoms. The van der Waals surface area contributed by atoms with Crippen molar-refractivity contribution in [2.75, 3.05) is 5.32 Å². The molecule has 1 aromatic carbocycles. The molecule has 0 bridgehead atoms. The van der Waals surface area contributed by atoms with E-state index in [0.717, 1.165) is 30.5 Å². The summed E-state index contributed by atoms with van der Waals surface area (Å²) in [6.07, 6.45) is 0.848. The lowest BCUT2D eigenvalue weighted by atomic mass is 9.98. The molecular weight excluding hydrogens is 514 g/mol. The highest BCUT2D eigenvalue weighted by Crippen LogP contribution is 2.36. The number of halogens is 3. The van der Waals surface area contributed by atoms with Crippen LogP contribution >= 0.6 is 22.9 Å². The topological polar surface area (TPSA) is 123 Å². The van der Waals surface area contributed by atoms with Crippen LogP contribution in [0.1, 0.15) is 28.7 Å². The minimum Gasteiger partial charge on any atom is -0.462 e. The second-order valence-corrected chi connectivity index (χ2v) is 8.46. The van der Waals surface area contributed by atoms with Crippen LogP contribution in [0.3, 0.4) is 0 Å². The van der Waals surface area contributed by atoms with Crippen molar-refractivity contribution in [2.45, 2.75) is 19.9 Å². The number of hydrogen-bond donors (Lipinski definition) is 1. The zero-order chi connectivity index (χ0) is 25.7. The van der Waals surface area contributed by atoms with E-state index in [2.05, 4.69) is 25.5 Å². The first-order valence-corrected chi connectivity index (χ1v) is 11.4. The summed E-state index contributed by atoms with van der Waals surface area (Å²) in [7, 11) is 0. The number of pyridine rings is 2. The lowest BCUT2D eigenvalue weighted by Gasteiger charge is -2.15. The Morgan fingerprint density at radius 2 is 2.08 bits per heavy atom. The lowest BCUT2D eigenvalue weighted by Crippen LogP contribution is -2.15. The van der Waals surface area contributed by atoms with Gasteiger partial charge in [0.25, 0.3) is 11.1 Å². The fraction of sp³-hybridized carbons (Fsp3) is 0.130. The molecular formula is C23H15ClF2N6O3S. The molecule has 4 rings (SSSR count). The fourth-order valence-electron chi connectivity index (χ4n) is 3.05. The molecule has 0 aliphatic rings. The zero-order valence-corrected chi connectivity index (χ0v) is 20.0. The number of anilines is 1. The Kier molecular flexibility index (Phi) is 7.62. The molecule has 0 spiro atoms. The average molecular weight is 529 g/mol. The largest absolute Gasteiger partial charge is 0.462 e. The van der Waals surface area contributed by atoms with Crippen molar-refractivity contribution < 1.29 is 23.0 Å². The Balaban J connectivity index is 1.58. The van der Waals surface area contributed by atoms with Crippen LogP contribution in [0.4, 0.5) is 13.9 Å². The predicted molar refractivity (Wildman–Crippen MR) is 127 cm³/mol. The Morgan fingerprint density at radius 1 is 1.25 bits per heavy atom. The lowest BCUT2D eigenvalue weighted by molar-refractivity contribution is 0.0864. The molecule has 1 N–H and O–H groups in total. The highest BCUT2D eigenvalue weighted by Gasteiger charge is 2.23. The number of alkyl halides is 1. The molecule has 0 saturated carbocycles. The minimum atomic E-state index is -1.75. The molecule has 182 valence electrons. The Bertz CT molecular complexity index is 1440. The van der Waals surface area contributed by atoms with Crippen molar-refractivity contribution in [1.82, 2.24) is 20.2 Å². The molecule has 1 amide bonds. The molecule has 1 atom stereocenters. The van der Waals surface area contributed by atoms with Crippen molar-refractivity contribution in [3.05, 3.63) is 76.6 Å². The number of ether oxygens (including phenoxy) is 2. The van der Waals surface area contributed by atoms with E-state index in [1.807, 2.05) is 6.07 Å². The predicted octanol–water partition coefficient (Wildman–Crippen LogP) is 5.18. The van der Waals surface area contributed by atoms with Gasteiger partial charge < -0.3 is 9.47 Å². The molecule has 0 saturated heterocycles. The highest BCUT2D eigenvalue weighted by molar-refractivity contribution is 7.17. The summed E-state index contributed by atoms with van der Waals surface area (Å²) in [5, 5.41) is 20.3. The monoisotopic (exact) mass is 528 g/mol. The Hall–Kier alpha value is -4.21. The van der Waals surface area contributed by atoms with Crippen LogP contribution < -0.4 is 14.8 Å². The summed E-state index contributed by atoms with van der Waals surface area (Å²) in [6, 6.07) is 10.2. The summed E-state index contributed by atoms with van der Waals surface area (Å²) in [4.78, 5) is 21.1. The number of nitrogens with one attached hydrogen (secondary N) is 1. The molecule has 9 nitrogen and oxygen atoms in total. The molecule has 1 unspecified atom stereocenters. The van der Waals surface area contributed by atoms with Gasteiger partial charge in [-0.2, -0.15) is 5.26 Å². The Morgan fingerprint density at radius 3 is 2.81 bits per heavy atom. The number of carbonyl (C=O) groups excluding carboxylic acids is 1. The van der Waals surface area contributed by atoms with Crippen molar-refractivity contribution in [1.29, 1.82) is 5.26 Å². The average Bonchev–Trinajstić information content (AvgIpc) is 3.30. The van der Waals surface area contributed by atoms with Gasteiger partial charge in [-0.15, -0.1) is 5.10 Å². The quantitative estimate of drug-likeness (QED) is 0.331.